The number of aliphatic hydroxyl groups is 1. The minimum Gasteiger partial charge on any atom is -0.462 e. The van der Waals surface area contributed by atoms with Crippen LogP contribution in [0.15, 0.2) is 12.1 Å². The summed E-state index contributed by atoms with van der Waals surface area (Å²) in [6.45, 7) is 2.78. The fourth-order valence-electron chi connectivity index (χ4n) is 1.50. The molecule has 1 aromatic rings. The molecule has 0 saturated heterocycles. The summed E-state index contributed by atoms with van der Waals surface area (Å²) in [4.78, 5) is 13.6. The van der Waals surface area contributed by atoms with E-state index in [1.807, 2.05) is 12.1 Å². The first kappa shape index (κ1) is 14.2. The number of unbranched alkanes of at least 4 members (excludes halogenated alkanes) is 2. The Bertz CT molecular complexity index is 333. The second-order valence-corrected chi connectivity index (χ2v) is 5.10. The Kier molecular flexibility index (Phi) is 6.89. The zero-order valence-electron chi connectivity index (χ0n) is 10.3. The zero-order chi connectivity index (χ0) is 12.5. The highest BCUT2D eigenvalue weighted by Gasteiger charge is 2.09. The van der Waals surface area contributed by atoms with Crippen LogP contribution in [0.4, 0.5) is 0 Å². The van der Waals surface area contributed by atoms with E-state index in [1.54, 1.807) is 0 Å². The predicted octanol–water partition coefficient (Wildman–Crippen LogP) is 3.02. The Morgan fingerprint density at radius 3 is 2.88 bits per heavy atom. The SMILES string of the molecule is CCCc1ccc(C(=O)OCCCCCO)s1. The molecule has 4 heteroatoms. The molecule has 0 saturated carbocycles. The predicted molar refractivity (Wildman–Crippen MR) is 69.5 cm³/mol. The molecule has 0 bridgehead atoms. The summed E-state index contributed by atoms with van der Waals surface area (Å²) < 4.78 is 5.16. The molecule has 0 aliphatic carbocycles. The summed E-state index contributed by atoms with van der Waals surface area (Å²) in [5.74, 6) is -0.221. The van der Waals surface area contributed by atoms with Crippen molar-refractivity contribution >= 4 is 17.3 Å². The van der Waals surface area contributed by atoms with Gasteiger partial charge in [0.15, 0.2) is 0 Å². The largest absolute Gasteiger partial charge is 0.462 e. The van der Waals surface area contributed by atoms with Crippen molar-refractivity contribution in [1.82, 2.24) is 0 Å². The fourth-order valence-corrected chi connectivity index (χ4v) is 2.50. The lowest BCUT2D eigenvalue weighted by atomic mass is 10.2. The molecule has 96 valence electrons. The quantitative estimate of drug-likeness (QED) is 0.574. The topological polar surface area (TPSA) is 46.5 Å². The standard InChI is InChI=1S/C13H20O3S/c1-2-6-11-7-8-12(17-11)13(15)16-10-5-3-4-9-14/h7-8,14H,2-6,9-10H2,1H3. The van der Waals surface area contributed by atoms with Crippen LogP contribution in [0.1, 0.15) is 47.2 Å². The number of thiophene rings is 1. The molecule has 3 nitrogen and oxygen atoms in total. The molecular formula is C13H20O3S. The van der Waals surface area contributed by atoms with Crippen molar-refractivity contribution in [2.45, 2.75) is 39.0 Å². The molecule has 0 radical (unpaired) electrons. The number of aliphatic hydroxyl groups excluding tert-OH is 1. The van der Waals surface area contributed by atoms with Crippen LogP contribution >= 0.6 is 11.3 Å². The zero-order valence-corrected chi connectivity index (χ0v) is 11.1. The molecule has 0 aliphatic rings. The molecule has 0 fully saturated rings. The number of rotatable bonds is 8. The molecule has 0 unspecified atom stereocenters. The van der Waals surface area contributed by atoms with Crippen LogP contribution in [-0.4, -0.2) is 24.3 Å². The van der Waals surface area contributed by atoms with Crippen LogP contribution in [0.25, 0.3) is 0 Å². The number of carbonyl (C=O) groups excluding carboxylic acids is 1. The molecule has 0 atom stereocenters. The van der Waals surface area contributed by atoms with E-state index < -0.39 is 0 Å². The van der Waals surface area contributed by atoms with Crippen molar-refractivity contribution in [3.63, 3.8) is 0 Å². The summed E-state index contributed by atoms with van der Waals surface area (Å²) in [5, 5.41) is 8.60. The third kappa shape index (κ3) is 5.33. The van der Waals surface area contributed by atoms with Crippen LogP contribution in [0.5, 0.6) is 0 Å². The van der Waals surface area contributed by atoms with Crippen molar-refractivity contribution in [2.75, 3.05) is 13.2 Å². The second kappa shape index (κ2) is 8.25. The van der Waals surface area contributed by atoms with Crippen LogP contribution < -0.4 is 0 Å². The molecule has 0 aromatic carbocycles. The van der Waals surface area contributed by atoms with E-state index >= 15 is 0 Å². The van der Waals surface area contributed by atoms with E-state index in [2.05, 4.69) is 6.92 Å². The third-order valence-electron chi connectivity index (χ3n) is 2.39. The molecule has 1 N–H and O–H groups in total. The number of hydrogen-bond acceptors (Lipinski definition) is 4. The maximum Gasteiger partial charge on any atom is 0.348 e. The summed E-state index contributed by atoms with van der Waals surface area (Å²) >= 11 is 1.52. The van der Waals surface area contributed by atoms with E-state index in [0.717, 1.165) is 32.1 Å². The summed E-state index contributed by atoms with van der Waals surface area (Å²) in [6.07, 6.45) is 4.61. The number of esters is 1. The van der Waals surface area contributed by atoms with Crippen molar-refractivity contribution in [3.05, 3.63) is 21.9 Å². The first-order chi connectivity index (χ1) is 8.27. The highest BCUT2D eigenvalue weighted by Crippen LogP contribution is 2.19. The Morgan fingerprint density at radius 2 is 2.18 bits per heavy atom. The molecule has 1 rings (SSSR count). The average Bonchev–Trinajstić information content (AvgIpc) is 2.78. The third-order valence-corrected chi connectivity index (χ3v) is 3.52. The van der Waals surface area contributed by atoms with Gasteiger partial charge in [0.1, 0.15) is 4.88 Å². The van der Waals surface area contributed by atoms with Gasteiger partial charge in [0, 0.05) is 11.5 Å². The molecule has 1 aromatic heterocycles. The molecule has 0 aliphatic heterocycles. The van der Waals surface area contributed by atoms with Crippen molar-refractivity contribution in [1.29, 1.82) is 0 Å². The van der Waals surface area contributed by atoms with E-state index in [-0.39, 0.29) is 12.6 Å². The number of ether oxygens (including phenoxy) is 1. The van der Waals surface area contributed by atoms with Gasteiger partial charge < -0.3 is 9.84 Å². The molecule has 0 spiro atoms. The fraction of sp³-hybridized carbons (Fsp3) is 0.615. The van der Waals surface area contributed by atoms with Crippen LogP contribution in [-0.2, 0) is 11.2 Å². The first-order valence-electron chi connectivity index (χ1n) is 6.14. The minimum atomic E-state index is -0.221. The Balaban J connectivity index is 2.26. The van der Waals surface area contributed by atoms with Crippen LogP contribution in [0.2, 0.25) is 0 Å². The molecule has 0 amide bonds. The smallest absolute Gasteiger partial charge is 0.348 e. The molecule has 1 heterocycles. The maximum atomic E-state index is 11.6. The van der Waals surface area contributed by atoms with Crippen LogP contribution in [0.3, 0.4) is 0 Å². The van der Waals surface area contributed by atoms with E-state index in [4.69, 9.17) is 9.84 Å². The monoisotopic (exact) mass is 256 g/mol. The van der Waals surface area contributed by atoms with Gasteiger partial charge in [-0.05, 0) is 37.8 Å². The Hall–Kier alpha value is -0.870. The van der Waals surface area contributed by atoms with Gasteiger partial charge in [-0.2, -0.15) is 0 Å². The summed E-state index contributed by atoms with van der Waals surface area (Å²) in [7, 11) is 0. The minimum absolute atomic E-state index is 0.208. The van der Waals surface area contributed by atoms with Crippen molar-refractivity contribution < 1.29 is 14.6 Å². The van der Waals surface area contributed by atoms with E-state index in [0.29, 0.717) is 11.5 Å². The maximum absolute atomic E-state index is 11.6. The summed E-state index contributed by atoms with van der Waals surface area (Å²) in [5.41, 5.74) is 0. The number of hydrogen-bond donors (Lipinski definition) is 1. The average molecular weight is 256 g/mol. The van der Waals surface area contributed by atoms with Gasteiger partial charge in [0.25, 0.3) is 0 Å². The number of carbonyl (C=O) groups is 1. The van der Waals surface area contributed by atoms with Gasteiger partial charge >= 0.3 is 5.97 Å². The lowest BCUT2D eigenvalue weighted by Crippen LogP contribution is -2.04. The van der Waals surface area contributed by atoms with E-state index in [9.17, 15) is 4.79 Å². The summed E-state index contributed by atoms with van der Waals surface area (Å²) in [6, 6.07) is 3.84. The Labute approximate surface area is 106 Å². The highest BCUT2D eigenvalue weighted by atomic mass is 32.1. The van der Waals surface area contributed by atoms with Gasteiger partial charge in [-0.1, -0.05) is 13.3 Å². The van der Waals surface area contributed by atoms with Crippen molar-refractivity contribution in [2.24, 2.45) is 0 Å². The van der Waals surface area contributed by atoms with Crippen molar-refractivity contribution in [3.8, 4) is 0 Å². The molecular weight excluding hydrogens is 236 g/mol. The van der Waals surface area contributed by atoms with Gasteiger partial charge in [-0.3, -0.25) is 0 Å². The normalized spacial score (nSPS) is 10.5. The highest BCUT2D eigenvalue weighted by molar-refractivity contribution is 7.13. The second-order valence-electron chi connectivity index (χ2n) is 3.94. The molecule has 17 heavy (non-hydrogen) atoms. The lowest BCUT2D eigenvalue weighted by Gasteiger charge is -2.02. The lowest BCUT2D eigenvalue weighted by molar-refractivity contribution is 0.0502. The van der Waals surface area contributed by atoms with Gasteiger partial charge in [-0.15, -0.1) is 11.3 Å². The van der Waals surface area contributed by atoms with Gasteiger partial charge in [0.2, 0.25) is 0 Å². The van der Waals surface area contributed by atoms with Crippen LogP contribution in [0, 0.1) is 0 Å². The van der Waals surface area contributed by atoms with E-state index in [1.165, 1.54) is 16.2 Å². The number of aryl methyl sites for hydroxylation is 1. The first-order valence-corrected chi connectivity index (χ1v) is 6.96. The van der Waals surface area contributed by atoms with Gasteiger partial charge in [-0.25, -0.2) is 4.79 Å². The van der Waals surface area contributed by atoms with Gasteiger partial charge in [0.05, 0.1) is 6.61 Å². The Morgan fingerprint density at radius 1 is 1.35 bits per heavy atom.